The molecule has 1 aliphatic heterocycles. The fourth-order valence-corrected chi connectivity index (χ4v) is 4.21. The molecule has 0 bridgehead atoms. The van der Waals surface area contributed by atoms with Gasteiger partial charge in [-0.1, -0.05) is 30.3 Å². The SMILES string of the molecule is CN(C)c1ccc(C(CNC(=O)C(=O)Nc2ccc([N+](=O)[O-])cc2)N2CCc3ccccc32)cc1. The van der Waals surface area contributed by atoms with E-state index in [1.807, 2.05) is 55.4 Å². The summed E-state index contributed by atoms with van der Waals surface area (Å²) in [5.41, 5.74) is 4.69. The van der Waals surface area contributed by atoms with Crippen LogP contribution in [-0.4, -0.2) is 43.9 Å². The van der Waals surface area contributed by atoms with Crippen LogP contribution in [0.15, 0.2) is 72.8 Å². The van der Waals surface area contributed by atoms with Gasteiger partial charge in [0.2, 0.25) is 0 Å². The second kappa shape index (κ2) is 10.3. The lowest BCUT2D eigenvalue weighted by Gasteiger charge is -2.31. The highest BCUT2D eigenvalue weighted by Gasteiger charge is 2.28. The lowest BCUT2D eigenvalue weighted by atomic mass is 10.0. The van der Waals surface area contributed by atoms with Crippen molar-refractivity contribution in [2.75, 3.05) is 42.3 Å². The molecule has 1 atom stereocenters. The predicted molar refractivity (Wildman–Crippen MR) is 136 cm³/mol. The summed E-state index contributed by atoms with van der Waals surface area (Å²) in [5, 5.41) is 16.0. The molecule has 0 aromatic heterocycles. The Morgan fingerprint density at radius 3 is 2.34 bits per heavy atom. The van der Waals surface area contributed by atoms with Crippen molar-refractivity contribution >= 4 is 34.6 Å². The Morgan fingerprint density at radius 2 is 1.69 bits per heavy atom. The standard InChI is InChI=1S/C26H27N5O4/c1-29(2)21-11-7-19(8-12-21)24(30-16-15-18-5-3-4-6-23(18)30)17-27-25(32)26(33)28-20-9-13-22(14-10-20)31(34)35/h3-14,24H,15-17H2,1-2H3,(H,27,32)(H,28,33). The van der Waals surface area contributed by atoms with Gasteiger partial charge in [-0.05, 0) is 47.9 Å². The Morgan fingerprint density at radius 1 is 1.00 bits per heavy atom. The molecule has 2 N–H and O–H groups in total. The molecule has 0 radical (unpaired) electrons. The van der Waals surface area contributed by atoms with Crippen molar-refractivity contribution in [2.24, 2.45) is 0 Å². The van der Waals surface area contributed by atoms with Crippen LogP contribution >= 0.6 is 0 Å². The summed E-state index contributed by atoms with van der Waals surface area (Å²) >= 11 is 0. The average Bonchev–Trinajstić information content (AvgIpc) is 3.28. The molecule has 1 unspecified atom stereocenters. The summed E-state index contributed by atoms with van der Waals surface area (Å²) in [6.07, 6.45) is 0.914. The van der Waals surface area contributed by atoms with Crippen molar-refractivity contribution in [3.63, 3.8) is 0 Å². The molecule has 0 saturated heterocycles. The van der Waals surface area contributed by atoms with Gasteiger partial charge in [0.1, 0.15) is 0 Å². The Hall–Kier alpha value is -4.40. The third kappa shape index (κ3) is 5.40. The van der Waals surface area contributed by atoms with E-state index in [1.165, 1.54) is 29.8 Å². The third-order valence-corrected chi connectivity index (χ3v) is 6.09. The molecule has 4 rings (SSSR count). The maximum absolute atomic E-state index is 12.6. The van der Waals surface area contributed by atoms with Crippen LogP contribution in [0.25, 0.3) is 0 Å². The van der Waals surface area contributed by atoms with Crippen LogP contribution in [0.4, 0.5) is 22.7 Å². The van der Waals surface area contributed by atoms with E-state index in [1.54, 1.807) is 0 Å². The molecule has 0 aliphatic carbocycles. The first kappa shape index (κ1) is 23.7. The van der Waals surface area contributed by atoms with E-state index in [2.05, 4.69) is 27.7 Å². The summed E-state index contributed by atoms with van der Waals surface area (Å²) in [4.78, 5) is 39.6. The summed E-state index contributed by atoms with van der Waals surface area (Å²) in [6.45, 7) is 1.05. The monoisotopic (exact) mass is 473 g/mol. The number of fused-ring (bicyclic) bond motifs is 1. The number of anilines is 3. The minimum atomic E-state index is -0.831. The number of nitrogens with zero attached hydrogens (tertiary/aromatic N) is 3. The van der Waals surface area contributed by atoms with E-state index < -0.39 is 16.7 Å². The number of amides is 2. The molecule has 180 valence electrons. The summed E-state index contributed by atoms with van der Waals surface area (Å²) in [5.74, 6) is -1.60. The van der Waals surface area contributed by atoms with Gasteiger partial charge in [0.05, 0.1) is 11.0 Å². The topological polar surface area (TPSA) is 108 Å². The van der Waals surface area contributed by atoms with Crippen molar-refractivity contribution in [2.45, 2.75) is 12.5 Å². The van der Waals surface area contributed by atoms with E-state index in [0.29, 0.717) is 5.69 Å². The number of para-hydroxylation sites is 1. The molecule has 9 heteroatoms. The zero-order valence-electron chi connectivity index (χ0n) is 19.6. The highest BCUT2D eigenvalue weighted by Crippen LogP contribution is 2.35. The number of nitro groups is 1. The first-order chi connectivity index (χ1) is 16.8. The van der Waals surface area contributed by atoms with Gasteiger partial charge in [0.15, 0.2) is 0 Å². The molecular weight excluding hydrogens is 446 g/mol. The number of nitro benzene ring substituents is 1. The van der Waals surface area contributed by atoms with Crippen molar-refractivity contribution in [3.8, 4) is 0 Å². The number of hydrogen-bond acceptors (Lipinski definition) is 6. The maximum atomic E-state index is 12.6. The van der Waals surface area contributed by atoms with Gasteiger partial charge in [-0.15, -0.1) is 0 Å². The van der Waals surface area contributed by atoms with Crippen LogP contribution in [-0.2, 0) is 16.0 Å². The number of non-ortho nitro benzene ring substituents is 1. The quantitative estimate of drug-likeness (QED) is 0.309. The number of nitrogens with one attached hydrogen (secondary N) is 2. The first-order valence-electron chi connectivity index (χ1n) is 11.3. The number of carbonyl (C=O) groups is 2. The van der Waals surface area contributed by atoms with E-state index >= 15 is 0 Å². The molecule has 1 heterocycles. The Bertz CT molecular complexity index is 1230. The molecule has 0 spiro atoms. The van der Waals surface area contributed by atoms with Crippen LogP contribution in [0.2, 0.25) is 0 Å². The second-order valence-electron chi connectivity index (χ2n) is 8.54. The summed E-state index contributed by atoms with van der Waals surface area (Å²) in [7, 11) is 3.96. The van der Waals surface area contributed by atoms with Gasteiger partial charge in [0.25, 0.3) is 5.69 Å². The van der Waals surface area contributed by atoms with Gasteiger partial charge in [-0.25, -0.2) is 0 Å². The highest BCUT2D eigenvalue weighted by molar-refractivity contribution is 6.39. The van der Waals surface area contributed by atoms with Gasteiger partial charge in [-0.3, -0.25) is 19.7 Å². The fraction of sp³-hybridized carbons (Fsp3) is 0.231. The first-order valence-corrected chi connectivity index (χ1v) is 11.3. The van der Waals surface area contributed by atoms with Crippen LogP contribution in [0.1, 0.15) is 17.2 Å². The molecule has 2 amide bonds. The minimum absolute atomic E-state index is 0.0959. The van der Waals surface area contributed by atoms with Gasteiger partial charge >= 0.3 is 11.8 Å². The van der Waals surface area contributed by atoms with Crippen LogP contribution in [0, 0.1) is 10.1 Å². The number of rotatable bonds is 7. The van der Waals surface area contributed by atoms with E-state index in [4.69, 9.17) is 0 Å². The molecule has 3 aromatic rings. The Kier molecular flexibility index (Phi) is 6.96. The third-order valence-electron chi connectivity index (χ3n) is 6.09. The lowest BCUT2D eigenvalue weighted by Crippen LogP contribution is -2.41. The summed E-state index contributed by atoms with van der Waals surface area (Å²) in [6, 6.07) is 21.5. The van der Waals surface area contributed by atoms with E-state index in [-0.39, 0.29) is 18.3 Å². The molecule has 1 aliphatic rings. The van der Waals surface area contributed by atoms with Crippen LogP contribution < -0.4 is 20.4 Å². The molecule has 3 aromatic carbocycles. The van der Waals surface area contributed by atoms with Crippen molar-refractivity contribution in [3.05, 3.63) is 94.0 Å². The molecule has 0 saturated carbocycles. The fourth-order valence-electron chi connectivity index (χ4n) is 4.21. The number of hydrogen-bond donors (Lipinski definition) is 2. The molecule has 0 fully saturated rings. The zero-order valence-corrected chi connectivity index (χ0v) is 19.6. The van der Waals surface area contributed by atoms with Gasteiger partial charge in [0, 0.05) is 56.4 Å². The normalized spacial score (nSPS) is 13.0. The van der Waals surface area contributed by atoms with Crippen molar-refractivity contribution in [1.82, 2.24) is 5.32 Å². The Labute approximate surface area is 203 Å². The largest absolute Gasteiger partial charge is 0.378 e. The molecular formula is C26H27N5O4. The van der Waals surface area contributed by atoms with E-state index in [0.717, 1.165) is 29.9 Å². The Balaban J connectivity index is 1.48. The predicted octanol–water partition coefficient (Wildman–Crippen LogP) is 3.52. The summed E-state index contributed by atoms with van der Waals surface area (Å²) < 4.78 is 0. The molecule has 9 nitrogen and oxygen atoms in total. The second-order valence-corrected chi connectivity index (χ2v) is 8.54. The van der Waals surface area contributed by atoms with E-state index in [9.17, 15) is 19.7 Å². The zero-order chi connectivity index (χ0) is 24.9. The lowest BCUT2D eigenvalue weighted by molar-refractivity contribution is -0.384. The van der Waals surface area contributed by atoms with Gasteiger partial charge < -0.3 is 20.4 Å². The highest BCUT2D eigenvalue weighted by atomic mass is 16.6. The van der Waals surface area contributed by atoms with Crippen molar-refractivity contribution < 1.29 is 14.5 Å². The number of benzene rings is 3. The van der Waals surface area contributed by atoms with Crippen LogP contribution in [0.3, 0.4) is 0 Å². The van der Waals surface area contributed by atoms with Crippen LogP contribution in [0.5, 0.6) is 0 Å². The maximum Gasteiger partial charge on any atom is 0.313 e. The van der Waals surface area contributed by atoms with Gasteiger partial charge in [-0.2, -0.15) is 0 Å². The minimum Gasteiger partial charge on any atom is -0.378 e. The van der Waals surface area contributed by atoms with Crippen molar-refractivity contribution in [1.29, 1.82) is 0 Å². The number of carbonyl (C=O) groups excluding carboxylic acids is 2. The smallest absolute Gasteiger partial charge is 0.313 e. The molecule has 35 heavy (non-hydrogen) atoms. The average molecular weight is 474 g/mol.